The van der Waals surface area contributed by atoms with Gasteiger partial charge in [0.1, 0.15) is 5.01 Å². The zero-order valence-corrected chi connectivity index (χ0v) is 11.9. The highest BCUT2D eigenvalue weighted by molar-refractivity contribution is 7.91. The molecule has 0 aliphatic rings. The molecule has 2 aromatic rings. The van der Waals surface area contributed by atoms with Gasteiger partial charge in [-0.15, -0.1) is 11.3 Å². The monoisotopic (exact) mass is 309 g/mol. The molecule has 0 aliphatic carbocycles. The van der Waals surface area contributed by atoms with Crippen LogP contribution in [0.5, 0.6) is 0 Å². The first-order valence-corrected chi connectivity index (χ1v) is 8.05. The minimum absolute atomic E-state index is 0.107. The molecule has 0 aromatic carbocycles. The van der Waals surface area contributed by atoms with Crippen molar-refractivity contribution < 1.29 is 8.42 Å². The summed E-state index contributed by atoms with van der Waals surface area (Å²) in [5.41, 5.74) is 0.880. The fraction of sp³-hybridized carbons (Fsp3) is 0.250. The van der Waals surface area contributed by atoms with Crippen molar-refractivity contribution in [3.63, 3.8) is 0 Å². The number of hydrogen-bond acceptors (Lipinski definition) is 6. The predicted octanol–water partition coefficient (Wildman–Crippen LogP) is 2.04. The van der Waals surface area contributed by atoms with Crippen LogP contribution in [0.15, 0.2) is 15.8 Å². The summed E-state index contributed by atoms with van der Waals surface area (Å²) in [7, 11) is -3.54. The van der Waals surface area contributed by atoms with Crippen LogP contribution in [0.1, 0.15) is 10.7 Å². The van der Waals surface area contributed by atoms with Gasteiger partial charge in [-0.1, -0.05) is 22.9 Å². The number of sulfonamides is 1. The number of thiazole rings is 2. The van der Waals surface area contributed by atoms with E-state index in [4.69, 9.17) is 11.6 Å². The van der Waals surface area contributed by atoms with Crippen LogP contribution in [0, 0.1) is 6.92 Å². The minimum Gasteiger partial charge on any atom is -0.245 e. The zero-order valence-electron chi connectivity index (χ0n) is 8.68. The number of aromatic nitrogens is 2. The largest absolute Gasteiger partial charge is 0.252 e. The minimum atomic E-state index is -3.54. The Kier molecular flexibility index (Phi) is 3.79. The van der Waals surface area contributed by atoms with Gasteiger partial charge >= 0.3 is 0 Å². The fourth-order valence-electron chi connectivity index (χ4n) is 1.08. The van der Waals surface area contributed by atoms with E-state index in [1.54, 1.807) is 0 Å². The molecule has 0 fully saturated rings. The Bertz CT molecular complexity index is 620. The summed E-state index contributed by atoms with van der Waals surface area (Å²) < 4.78 is 26.4. The third-order valence-electron chi connectivity index (χ3n) is 1.80. The number of hydrogen-bond donors (Lipinski definition) is 1. The second-order valence-corrected chi connectivity index (χ2v) is 7.69. The van der Waals surface area contributed by atoms with Crippen molar-refractivity contribution in [3.8, 4) is 0 Å². The molecule has 2 aromatic heterocycles. The molecule has 0 saturated heterocycles. The molecule has 0 saturated carbocycles. The van der Waals surface area contributed by atoms with Crippen LogP contribution in [-0.2, 0) is 16.6 Å². The molecule has 2 rings (SSSR count). The predicted molar refractivity (Wildman–Crippen MR) is 68.0 cm³/mol. The molecule has 9 heteroatoms. The molecule has 0 unspecified atom stereocenters. The van der Waals surface area contributed by atoms with E-state index < -0.39 is 10.0 Å². The number of nitrogens with one attached hydrogen (secondary N) is 1. The van der Waals surface area contributed by atoms with Crippen molar-refractivity contribution in [3.05, 3.63) is 26.7 Å². The molecule has 0 spiro atoms. The first-order chi connectivity index (χ1) is 7.97. The van der Waals surface area contributed by atoms with Gasteiger partial charge in [-0.05, 0) is 6.92 Å². The molecule has 17 heavy (non-hydrogen) atoms. The van der Waals surface area contributed by atoms with E-state index in [9.17, 15) is 8.42 Å². The Labute approximate surface area is 112 Å². The third-order valence-corrected chi connectivity index (χ3v) is 5.75. The molecule has 0 aliphatic heterocycles. The van der Waals surface area contributed by atoms with Gasteiger partial charge in [0.15, 0.2) is 8.68 Å². The lowest BCUT2D eigenvalue weighted by atomic mass is 10.6. The van der Waals surface area contributed by atoms with E-state index in [-0.39, 0.29) is 15.2 Å². The van der Waals surface area contributed by atoms with Crippen LogP contribution in [0.2, 0.25) is 4.47 Å². The van der Waals surface area contributed by atoms with Crippen LogP contribution >= 0.6 is 34.3 Å². The van der Waals surface area contributed by atoms with Crippen LogP contribution in [-0.4, -0.2) is 18.4 Å². The van der Waals surface area contributed by atoms with Gasteiger partial charge in [0.2, 0.25) is 0 Å². The lowest BCUT2D eigenvalue weighted by Crippen LogP contribution is -2.22. The highest BCUT2D eigenvalue weighted by atomic mass is 35.5. The molecule has 0 bridgehead atoms. The van der Waals surface area contributed by atoms with E-state index in [2.05, 4.69) is 14.7 Å². The highest BCUT2D eigenvalue weighted by Gasteiger charge is 2.17. The standard InChI is InChI=1S/C8H8ClN3O2S3/c1-5-4-15-6(12-5)2-11-17(13,14)7-3-10-8(9)16-7/h3-4,11H,2H2,1H3. The molecule has 0 amide bonds. The normalized spacial score (nSPS) is 11.9. The molecule has 0 radical (unpaired) electrons. The summed E-state index contributed by atoms with van der Waals surface area (Å²) in [6, 6.07) is 0. The lowest BCUT2D eigenvalue weighted by Gasteiger charge is -2.01. The second kappa shape index (κ2) is 4.99. The molecular weight excluding hydrogens is 302 g/mol. The number of rotatable bonds is 4. The number of aryl methyl sites for hydroxylation is 1. The van der Waals surface area contributed by atoms with E-state index in [1.807, 2.05) is 12.3 Å². The molecule has 5 nitrogen and oxygen atoms in total. The Morgan fingerprint density at radius 1 is 1.53 bits per heavy atom. The summed E-state index contributed by atoms with van der Waals surface area (Å²) in [6.45, 7) is 2.04. The van der Waals surface area contributed by atoms with Crippen molar-refractivity contribution in [2.24, 2.45) is 0 Å². The lowest BCUT2D eigenvalue weighted by molar-refractivity contribution is 0.583. The summed E-state index contributed by atoms with van der Waals surface area (Å²) >= 11 is 7.93. The molecule has 92 valence electrons. The first kappa shape index (κ1) is 12.9. The van der Waals surface area contributed by atoms with Crippen molar-refractivity contribution >= 4 is 44.3 Å². The average molecular weight is 310 g/mol. The summed E-state index contributed by atoms with van der Waals surface area (Å²) in [5.74, 6) is 0. The van der Waals surface area contributed by atoms with Gasteiger partial charge in [-0.25, -0.2) is 23.1 Å². The highest BCUT2D eigenvalue weighted by Crippen LogP contribution is 2.22. The number of nitrogens with zero attached hydrogens (tertiary/aromatic N) is 2. The Morgan fingerprint density at radius 2 is 2.29 bits per heavy atom. The van der Waals surface area contributed by atoms with Gasteiger partial charge in [-0.2, -0.15) is 0 Å². The Hall–Kier alpha value is -0.540. The number of halogens is 1. The Balaban J connectivity index is 2.08. The molecular formula is C8H8ClN3O2S3. The zero-order chi connectivity index (χ0) is 12.5. The quantitative estimate of drug-likeness (QED) is 0.938. The summed E-state index contributed by atoms with van der Waals surface area (Å²) in [6.07, 6.45) is 1.24. The SMILES string of the molecule is Cc1csc(CNS(=O)(=O)c2cnc(Cl)s2)n1. The van der Waals surface area contributed by atoms with Crippen LogP contribution < -0.4 is 4.72 Å². The maximum atomic E-state index is 11.8. The van der Waals surface area contributed by atoms with E-state index >= 15 is 0 Å². The maximum absolute atomic E-state index is 11.8. The smallest absolute Gasteiger partial charge is 0.245 e. The maximum Gasteiger partial charge on any atom is 0.252 e. The van der Waals surface area contributed by atoms with Gasteiger partial charge in [0, 0.05) is 11.1 Å². The second-order valence-electron chi connectivity index (χ2n) is 3.14. The summed E-state index contributed by atoms with van der Waals surface area (Å²) in [4.78, 5) is 7.86. The van der Waals surface area contributed by atoms with Gasteiger partial charge in [-0.3, -0.25) is 0 Å². The summed E-state index contributed by atoms with van der Waals surface area (Å²) in [5, 5.41) is 2.59. The molecule has 2 heterocycles. The van der Waals surface area contributed by atoms with Crippen LogP contribution in [0.25, 0.3) is 0 Å². The molecule has 0 atom stereocenters. The van der Waals surface area contributed by atoms with E-state index in [1.165, 1.54) is 17.5 Å². The topological polar surface area (TPSA) is 72.0 Å². The van der Waals surface area contributed by atoms with Crippen molar-refractivity contribution in [1.29, 1.82) is 0 Å². The molecule has 1 N–H and O–H groups in total. The average Bonchev–Trinajstić information content (AvgIpc) is 2.85. The van der Waals surface area contributed by atoms with Gasteiger partial charge in [0.05, 0.1) is 12.7 Å². The van der Waals surface area contributed by atoms with E-state index in [0.717, 1.165) is 22.0 Å². The van der Waals surface area contributed by atoms with E-state index in [0.29, 0.717) is 0 Å². The Morgan fingerprint density at radius 3 is 2.82 bits per heavy atom. The third kappa shape index (κ3) is 3.23. The van der Waals surface area contributed by atoms with Crippen LogP contribution in [0.3, 0.4) is 0 Å². The van der Waals surface area contributed by atoms with Crippen molar-refractivity contribution in [1.82, 2.24) is 14.7 Å². The first-order valence-electron chi connectivity index (χ1n) is 4.49. The van der Waals surface area contributed by atoms with Gasteiger partial charge in [0.25, 0.3) is 10.0 Å². The van der Waals surface area contributed by atoms with Gasteiger partial charge < -0.3 is 0 Å². The van der Waals surface area contributed by atoms with Crippen LogP contribution in [0.4, 0.5) is 0 Å². The fourth-order valence-corrected chi connectivity index (χ4v) is 4.20. The van der Waals surface area contributed by atoms with Crippen molar-refractivity contribution in [2.45, 2.75) is 17.7 Å². The van der Waals surface area contributed by atoms with Crippen molar-refractivity contribution in [2.75, 3.05) is 0 Å².